The van der Waals surface area contributed by atoms with E-state index in [1.54, 1.807) is 13.8 Å². The quantitative estimate of drug-likeness (QED) is 0.216. The minimum Gasteiger partial charge on any atom is -0.481 e. The van der Waals surface area contributed by atoms with E-state index in [9.17, 15) is 29.7 Å². The van der Waals surface area contributed by atoms with Crippen molar-refractivity contribution in [3.05, 3.63) is 11.1 Å². The number of ether oxygens (including phenoxy) is 1. The largest absolute Gasteiger partial charge is 0.481 e. The van der Waals surface area contributed by atoms with Gasteiger partial charge in [-0.3, -0.25) is 19.3 Å². The maximum absolute atomic E-state index is 14.0. The summed E-state index contributed by atoms with van der Waals surface area (Å²) in [6.45, 7) is 21.1. The van der Waals surface area contributed by atoms with Gasteiger partial charge in [0.05, 0.1) is 24.5 Å². The Kier molecular flexibility index (Phi) is 9.63. The number of aliphatic hydroxyl groups excluding tert-OH is 2. The molecule has 50 heavy (non-hydrogen) atoms. The Bertz CT molecular complexity index is 1420. The molecule has 6 aliphatic rings. The first-order chi connectivity index (χ1) is 23.2. The molecule has 10 atom stereocenters. The molecule has 1 heterocycles. The lowest BCUT2D eigenvalue weighted by molar-refractivity contribution is -0.235. The van der Waals surface area contributed by atoms with Gasteiger partial charge in [0.2, 0.25) is 0 Å². The molecule has 5 aliphatic carbocycles. The number of hydrogen-bond donors (Lipinski definition) is 3. The van der Waals surface area contributed by atoms with Crippen LogP contribution in [0.1, 0.15) is 139 Å². The Hall–Kier alpha value is -1.77. The van der Waals surface area contributed by atoms with Crippen molar-refractivity contribution in [1.82, 2.24) is 4.90 Å². The van der Waals surface area contributed by atoms with Crippen LogP contribution in [-0.2, 0) is 19.1 Å². The molecule has 3 N–H and O–H groups in total. The van der Waals surface area contributed by atoms with Crippen LogP contribution in [0, 0.1) is 56.2 Å². The molecule has 8 nitrogen and oxygen atoms in total. The molecule has 4 saturated carbocycles. The Labute approximate surface area is 301 Å². The second-order valence-corrected chi connectivity index (χ2v) is 20.0. The lowest BCUT2D eigenvalue weighted by atomic mass is 9.33. The lowest BCUT2D eigenvalue weighted by Crippen LogP contribution is -2.66. The molecule has 0 amide bonds. The molecule has 0 radical (unpaired) electrons. The minimum atomic E-state index is -1.16. The van der Waals surface area contributed by atoms with Crippen molar-refractivity contribution in [3.63, 3.8) is 0 Å². The minimum absolute atomic E-state index is 0.00956. The van der Waals surface area contributed by atoms with Crippen molar-refractivity contribution in [2.75, 3.05) is 19.7 Å². The average molecular weight is 698 g/mol. The molecule has 282 valence electrons. The second-order valence-electron chi connectivity index (χ2n) is 20.0. The van der Waals surface area contributed by atoms with Gasteiger partial charge >= 0.3 is 11.9 Å². The van der Waals surface area contributed by atoms with E-state index in [0.29, 0.717) is 24.8 Å². The van der Waals surface area contributed by atoms with E-state index in [0.717, 1.165) is 76.3 Å². The molecule has 0 bridgehead atoms. The summed E-state index contributed by atoms with van der Waals surface area (Å²) in [5.74, 6) is 0.0611. The predicted molar refractivity (Wildman–Crippen MR) is 193 cm³/mol. The zero-order valence-corrected chi connectivity index (χ0v) is 32.6. The zero-order chi connectivity index (χ0) is 36.8. The summed E-state index contributed by atoms with van der Waals surface area (Å²) in [4.78, 5) is 41.1. The molecule has 0 aromatic rings. The Morgan fingerprint density at radius 2 is 1.64 bits per heavy atom. The van der Waals surface area contributed by atoms with E-state index < -0.39 is 28.9 Å². The maximum Gasteiger partial charge on any atom is 0.309 e. The van der Waals surface area contributed by atoms with Crippen molar-refractivity contribution < 1.29 is 34.4 Å². The van der Waals surface area contributed by atoms with Gasteiger partial charge in [0.1, 0.15) is 6.10 Å². The van der Waals surface area contributed by atoms with Crippen molar-refractivity contribution in [2.45, 2.75) is 158 Å². The molecule has 1 unspecified atom stereocenters. The summed E-state index contributed by atoms with van der Waals surface area (Å²) in [5.41, 5.74) is 0.482. The number of ketones is 1. The number of Topliss-reactive ketones (excluding diaryl/α,β-unsaturated/α-hetero) is 1. The number of allylic oxidation sites excluding steroid dienone is 1. The number of fused-ring (bicyclic) bond motifs is 7. The summed E-state index contributed by atoms with van der Waals surface area (Å²) >= 11 is 0. The molecule has 5 fully saturated rings. The topological polar surface area (TPSA) is 124 Å². The number of nitrogens with zero attached hydrogens (tertiary/aromatic N) is 1. The highest BCUT2D eigenvalue weighted by molar-refractivity contribution is 6.00. The number of likely N-dealkylation sites (tertiary alicyclic amines) is 1. The third-order valence-electron chi connectivity index (χ3n) is 16.6. The van der Waals surface area contributed by atoms with E-state index >= 15 is 0 Å². The van der Waals surface area contributed by atoms with Crippen LogP contribution in [0.25, 0.3) is 0 Å². The lowest BCUT2D eigenvalue weighted by Gasteiger charge is -2.72. The van der Waals surface area contributed by atoms with Crippen LogP contribution < -0.4 is 0 Å². The van der Waals surface area contributed by atoms with Gasteiger partial charge in [0, 0.05) is 29.8 Å². The number of esters is 1. The molecule has 0 aromatic heterocycles. The second kappa shape index (κ2) is 12.7. The van der Waals surface area contributed by atoms with E-state index in [-0.39, 0.29) is 64.5 Å². The first kappa shape index (κ1) is 38.0. The Morgan fingerprint density at radius 3 is 2.28 bits per heavy atom. The van der Waals surface area contributed by atoms with Crippen molar-refractivity contribution in [1.29, 1.82) is 0 Å². The van der Waals surface area contributed by atoms with Gasteiger partial charge in [-0.05, 0) is 130 Å². The Balaban J connectivity index is 1.29. The van der Waals surface area contributed by atoms with Gasteiger partial charge in [-0.15, -0.1) is 0 Å². The number of carboxylic acids is 1. The van der Waals surface area contributed by atoms with Gasteiger partial charge < -0.3 is 20.1 Å². The van der Waals surface area contributed by atoms with Gasteiger partial charge in [-0.2, -0.15) is 0 Å². The molecule has 0 spiro atoms. The van der Waals surface area contributed by atoms with Crippen LogP contribution in [0.2, 0.25) is 0 Å². The monoisotopic (exact) mass is 697 g/mol. The number of carbonyl (C=O) groups is 3. The SMILES string of the molecule is CC(C)C1=C2[C@H]3CC[C@@H]4[C@@]5(C)CC[C@H](OC(=O)CC(C)(C)C(=O)O)C(C)(C)[C@@H]5CC[C@@]4(C)[C@]3(C)CC[C@@]2(C(O)CN2CCC[C@H]2CO)CC1=O. The van der Waals surface area contributed by atoms with Crippen molar-refractivity contribution >= 4 is 17.7 Å². The molecular formula is C42H67NO7. The smallest absolute Gasteiger partial charge is 0.309 e. The summed E-state index contributed by atoms with van der Waals surface area (Å²) < 4.78 is 6.16. The number of aliphatic hydroxyl groups is 2. The van der Waals surface area contributed by atoms with Crippen LogP contribution in [0.5, 0.6) is 0 Å². The first-order valence-corrected chi connectivity index (χ1v) is 19.9. The number of aliphatic carboxylic acids is 1. The highest BCUT2D eigenvalue weighted by atomic mass is 16.5. The van der Waals surface area contributed by atoms with Crippen LogP contribution in [0.15, 0.2) is 11.1 Å². The van der Waals surface area contributed by atoms with Crippen LogP contribution in [0.4, 0.5) is 0 Å². The molecule has 0 aromatic carbocycles. The fourth-order valence-electron chi connectivity index (χ4n) is 13.7. The van der Waals surface area contributed by atoms with Crippen LogP contribution in [0.3, 0.4) is 0 Å². The maximum atomic E-state index is 14.0. The highest BCUT2D eigenvalue weighted by Crippen LogP contribution is 2.77. The first-order valence-electron chi connectivity index (χ1n) is 19.9. The van der Waals surface area contributed by atoms with E-state index in [4.69, 9.17) is 4.74 Å². The van der Waals surface area contributed by atoms with Gasteiger partial charge in [-0.1, -0.05) is 54.0 Å². The molecule has 1 aliphatic heterocycles. The predicted octanol–water partition coefficient (Wildman–Crippen LogP) is 7.20. The number of carboxylic acid groups (broad SMARTS) is 1. The average Bonchev–Trinajstić information content (AvgIpc) is 3.60. The Morgan fingerprint density at radius 1 is 0.940 bits per heavy atom. The summed E-state index contributed by atoms with van der Waals surface area (Å²) in [7, 11) is 0. The van der Waals surface area contributed by atoms with E-state index in [1.165, 1.54) is 5.57 Å². The summed E-state index contributed by atoms with van der Waals surface area (Å²) in [5, 5.41) is 31.9. The zero-order valence-electron chi connectivity index (χ0n) is 32.6. The fourth-order valence-corrected chi connectivity index (χ4v) is 13.7. The summed E-state index contributed by atoms with van der Waals surface area (Å²) in [6, 6.07) is 0.0914. The van der Waals surface area contributed by atoms with Crippen molar-refractivity contribution in [3.8, 4) is 0 Å². The fraction of sp³-hybridized carbons (Fsp3) is 0.881. The van der Waals surface area contributed by atoms with Crippen LogP contribution in [-0.4, -0.2) is 75.9 Å². The third-order valence-corrected chi connectivity index (χ3v) is 16.6. The van der Waals surface area contributed by atoms with Crippen LogP contribution >= 0.6 is 0 Å². The normalized spacial score (nSPS) is 42.1. The van der Waals surface area contributed by atoms with E-state index in [1.807, 2.05) is 0 Å². The number of rotatable bonds is 9. The number of carbonyl (C=O) groups excluding carboxylic acids is 2. The molecular weight excluding hydrogens is 630 g/mol. The molecule has 6 rings (SSSR count). The third kappa shape index (κ3) is 5.49. The van der Waals surface area contributed by atoms with Gasteiger partial charge in [0.25, 0.3) is 0 Å². The number of β-amino-alcohol motifs (C(OH)–C–C–N with tert-alkyl or cyclic N) is 1. The molecule has 1 saturated heterocycles. The standard InChI is InChI=1S/C42H67NO7/c1-25(2)34-28(45)21-42(31(46)23-43-20-10-11-26(43)24-44)19-18-40(8)27(35(34)42)12-13-30-39(7)16-15-32(50-33(47)22-37(3,4)36(48)49)38(5,6)29(39)14-17-41(30,40)9/h25-27,29-32,44,46H,10-24H2,1-9H3,(H,48,49)/t26-,27+,29-,30+,31?,32-,39-,40+,41+,42-/m0/s1. The van der Waals surface area contributed by atoms with E-state index in [2.05, 4.69) is 53.4 Å². The molecule has 8 heteroatoms. The summed E-state index contributed by atoms with van der Waals surface area (Å²) in [6.07, 6.45) is 9.23. The highest BCUT2D eigenvalue weighted by Gasteiger charge is 2.71. The van der Waals surface area contributed by atoms with Gasteiger partial charge in [-0.25, -0.2) is 0 Å². The number of hydrogen-bond acceptors (Lipinski definition) is 7. The van der Waals surface area contributed by atoms with Gasteiger partial charge in [0.15, 0.2) is 5.78 Å². The van der Waals surface area contributed by atoms with Crippen molar-refractivity contribution in [2.24, 2.45) is 56.2 Å².